The molecule has 72 valence electrons. The van der Waals surface area contributed by atoms with Crippen molar-refractivity contribution < 1.29 is 0 Å². The van der Waals surface area contributed by atoms with Crippen LogP contribution in [0.4, 0.5) is 0 Å². The highest BCUT2D eigenvalue weighted by Gasteiger charge is 2.14. The SMILES string of the molecule is CNC(C)C(C)c1ccccc1Br. The van der Waals surface area contributed by atoms with E-state index in [1.807, 2.05) is 13.1 Å². The normalized spacial score (nSPS) is 15.4. The van der Waals surface area contributed by atoms with Crippen molar-refractivity contribution >= 4 is 15.9 Å². The number of benzene rings is 1. The maximum absolute atomic E-state index is 3.57. The predicted octanol–water partition coefficient (Wildman–Crippen LogP) is 3.16. The van der Waals surface area contributed by atoms with E-state index in [9.17, 15) is 0 Å². The largest absolute Gasteiger partial charge is 0.317 e. The maximum atomic E-state index is 3.57. The van der Waals surface area contributed by atoms with Gasteiger partial charge in [0.15, 0.2) is 0 Å². The van der Waals surface area contributed by atoms with Crippen LogP contribution >= 0.6 is 15.9 Å². The van der Waals surface area contributed by atoms with Gasteiger partial charge >= 0.3 is 0 Å². The first-order chi connectivity index (χ1) is 6.16. The summed E-state index contributed by atoms with van der Waals surface area (Å²) in [5.74, 6) is 0.528. The van der Waals surface area contributed by atoms with Crippen LogP contribution in [0.5, 0.6) is 0 Å². The topological polar surface area (TPSA) is 12.0 Å². The summed E-state index contributed by atoms with van der Waals surface area (Å²) in [4.78, 5) is 0. The van der Waals surface area contributed by atoms with Gasteiger partial charge in [0.05, 0.1) is 0 Å². The second-order valence-corrected chi connectivity index (χ2v) is 4.24. The van der Waals surface area contributed by atoms with Crippen LogP contribution in [-0.4, -0.2) is 13.1 Å². The molecule has 0 saturated heterocycles. The summed E-state index contributed by atoms with van der Waals surface area (Å²) in [7, 11) is 2.00. The quantitative estimate of drug-likeness (QED) is 0.858. The average molecular weight is 242 g/mol. The molecule has 0 radical (unpaired) electrons. The van der Waals surface area contributed by atoms with E-state index in [1.165, 1.54) is 10.0 Å². The second kappa shape index (κ2) is 4.77. The molecule has 1 aromatic carbocycles. The first-order valence-electron chi connectivity index (χ1n) is 4.58. The Labute approximate surface area is 88.7 Å². The van der Waals surface area contributed by atoms with Crippen molar-refractivity contribution in [2.75, 3.05) is 7.05 Å². The average Bonchev–Trinajstić information content (AvgIpc) is 2.16. The van der Waals surface area contributed by atoms with Crippen LogP contribution in [0.2, 0.25) is 0 Å². The molecule has 2 unspecified atom stereocenters. The van der Waals surface area contributed by atoms with E-state index in [1.54, 1.807) is 0 Å². The summed E-state index contributed by atoms with van der Waals surface area (Å²) in [6.07, 6.45) is 0. The number of likely N-dealkylation sites (N-methyl/N-ethyl adjacent to an activating group) is 1. The summed E-state index contributed by atoms with van der Waals surface area (Å²) in [5.41, 5.74) is 1.37. The van der Waals surface area contributed by atoms with Gasteiger partial charge < -0.3 is 5.32 Å². The molecule has 1 aromatic rings. The van der Waals surface area contributed by atoms with Gasteiger partial charge in [0.1, 0.15) is 0 Å². The highest BCUT2D eigenvalue weighted by molar-refractivity contribution is 9.10. The van der Waals surface area contributed by atoms with Gasteiger partial charge in [-0.15, -0.1) is 0 Å². The zero-order valence-electron chi connectivity index (χ0n) is 8.34. The van der Waals surface area contributed by atoms with Crippen LogP contribution in [0.3, 0.4) is 0 Å². The third-order valence-corrected chi connectivity index (χ3v) is 3.32. The Morgan fingerprint density at radius 3 is 2.38 bits per heavy atom. The fourth-order valence-electron chi connectivity index (χ4n) is 1.36. The van der Waals surface area contributed by atoms with Crippen molar-refractivity contribution in [3.05, 3.63) is 34.3 Å². The molecule has 0 amide bonds. The third kappa shape index (κ3) is 2.55. The van der Waals surface area contributed by atoms with Crippen molar-refractivity contribution in [3.63, 3.8) is 0 Å². The molecule has 0 aliphatic heterocycles. The van der Waals surface area contributed by atoms with Crippen LogP contribution in [0.15, 0.2) is 28.7 Å². The van der Waals surface area contributed by atoms with E-state index >= 15 is 0 Å². The molecule has 0 aliphatic rings. The van der Waals surface area contributed by atoms with Gasteiger partial charge in [0.25, 0.3) is 0 Å². The highest BCUT2D eigenvalue weighted by atomic mass is 79.9. The number of halogens is 1. The van der Waals surface area contributed by atoms with Crippen LogP contribution < -0.4 is 5.32 Å². The van der Waals surface area contributed by atoms with Gasteiger partial charge in [-0.2, -0.15) is 0 Å². The molecule has 1 N–H and O–H groups in total. The van der Waals surface area contributed by atoms with E-state index in [-0.39, 0.29) is 0 Å². The molecule has 0 fully saturated rings. The summed E-state index contributed by atoms with van der Waals surface area (Å²) in [6, 6.07) is 8.89. The van der Waals surface area contributed by atoms with Crippen LogP contribution in [0.1, 0.15) is 25.3 Å². The number of nitrogens with one attached hydrogen (secondary N) is 1. The number of hydrogen-bond acceptors (Lipinski definition) is 1. The van der Waals surface area contributed by atoms with Gasteiger partial charge in [-0.25, -0.2) is 0 Å². The summed E-state index contributed by atoms with van der Waals surface area (Å²) in [5, 5.41) is 3.27. The third-order valence-electron chi connectivity index (χ3n) is 2.60. The van der Waals surface area contributed by atoms with Crippen molar-refractivity contribution in [1.82, 2.24) is 5.32 Å². The lowest BCUT2D eigenvalue weighted by molar-refractivity contribution is 0.523. The molecule has 0 spiro atoms. The summed E-state index contributed by atoms with van der Waals surface area (Å²) < 4.78 is 1.20. The van der Waals surface area contributed by atoms with Crippen molar-refractivity contribution in [1.29, 1.82) is 0 Å². The van der Waals surface area contributed by atoms with E-state index in [0.29, 0.717) is 12.0 Å². The Morgan fingerprint density at radius 2 is 1.85 bits per heavy atom. The van der Waals surface area contributed by atoms with Gasteiger partial charge in [0, 0.05) is 10.5 Å². The van der Waals surface area contributed by atoms with Gasteiger partial charge in [-0.1, -0.05) is 41.1 Å². The smallest absolute Gasteiger partial charge is 0.0210 e. The lowest BCUT2D eigenvalue weighted by Crippen LogP contribution is -2.27. The molecular weight excluding hydrogens is 226 g/mol. The number of hydrogen-bond donors (Lipinski definition) is 1. The molecule has 0 saturated carbocycles. The van der Waals surface area contributed by atoms with Gasteiger partial charge in [0.2, 0.25) is 0 Å². The van der Waals surface area contributed by atoms with Crippen molar-refractivity contribution in [2.45, 2.75) is 25.8 Å². The summed E-state index contributed by atoms with van der Waals surface area (Å²) >= 11 is 3.57. The molecular formula is C11H16BrN. The first kappa shape index (κ1) is 10.7. The maximum Gasteiger partial charge on any atom is 0.0210 e. The molecule has 1 nitrogen and oxygen atoms in total. The molecule has 0 heterocycles. The number of rotatable bonds is 3. The molecule has 0 aliphatic carbocycles. The minimum Gasteiger partial charge on any atom is -0.317 e. The van der Waals surface area contributed by atoms with E-state index in [2.05, 4.69) is 53.3 Å². The monoisotopic (exact) mass is 241 g/mol. The molecule has 2 heteroatoms. The zero-order chi connectivity index (χ0) is 9.84. The van der Waals surface area contributed by atoms with Crippen LogP contribution in [-0.2, 0) is 0 Å². The van der Waals surface area contributed by atoms with Gasteiger partial charge in [-0.05, 0) is 31.5 Å². The lowest BCUT2D eigenvalue weighted by atomic mass is 9.95. The molecule has 1 rings (SSSR count). The lowest BCUT2D eigenvalue weighted by Gasteiger charge is -2.20. The Bertz CT molecular complexity index is 273. The minimum atomic E-state index is 0.499. The van der Waals surface area contributed by atoms with E-state index in [0.717, 1.165) is 0 Å². The fourth-order valence-corrected chi connectivity index (χ4v) is 2.01. The standard InChI is InChI=1S/C11H16BrN/c1-8(9(2)13-3)10-6-4-5-7-11(10)12/h4-9,13H,1-3H3. The van der Waals surface area contributed by atoms with Crippen molar-refractivity contribution in [2.24, 2.45) is 0 Å². The summed E-state index contributed by atoms with van der Waals surface area (Å²) in [6.45, 7) is 4.44. The van der Waals surface area contributed by atoms with E-state index < -0.39 is 0 Å². The minimum absolute atomic E-state index is 0.499. The highest BCUT2D eigenvalue weighted by Crippen LogP contribution is 2.26. The molecule has 0 aromatic heterocycles. The Balaban J connectivity index is 2.88. The second-order valence-electron chi connectivity index (χ2n) is 3.39. The Kier molecular flexibility index (Phi) is 3.94. The fraction of sp³-hybridized carbons (Fsp3) is 0.455. The Morgan fingerprint density at radius 1 is 1.23 bits per heavy atom. The zero-order valence-corrected chi connectivity index (χ0v) is 9.93. The first-order valence-corrected chi connectivity index (χ1v) is 5.37. The molecule has 13 heavy (non-hydrogen) atoms. The predicted molar refractivity (Wildman–Crippen MR) is 61.1 cm³/mol. The van der Waals surface area contributed by atoms with Crippen molar-refractivity contribution in [3.8, 4) is 0 Å². The van der Waals surface area contributed by atoms with E-state index in [4.69, 9.17) is 0 Å². The molecule has 0 bridgehead atoms. The van der Waals surface area contributed by atoms with Gasteiger partial charge in [-0.3, -0.25) is 0 Å². The molecule has 2 atom stereocenters. The Hall–Kier alpha value is -0.340. The van der Waals surface area contributed by atoms with Crippen LogP contribution in [0, 0.1) is 0 Å². The van der Waals surface area contributed by atoms with Crippen LogP contribution in [0.25, 0.3) is 0 Å².